The van der Waals surface area contributed by atoms with Gasteiger partial charge in [0.25, 0.3) is 0 Å². The van der Waals surface area contributed by atoms with Gasteiger partial charge in [0.1, 0.15) is 0 Å². The number of imidazole rings is 1. The third kappa shape index (κ3) is 4.25. The zero-order chi connectivity index (χ0) is 17.6. The van der Waals surface area contributed by atoms with Crippen molar-refractivity contribution in [3.8, 4) is 0 Å². The predicted octanol–water partition coefficient (Wildman–Crippen LogP) is 1.58. The number of carbonyl (C=O) groups excluding carboxylic acids is 1. The number of fused-ring (bicyclic) bond motifs is 1. The molecule has 2 N–H and O–H groups in total. The van der Waals surface area contributed by atoms with Crippen LogP contribution in [-0.2, 0) is 24.8 Å². The van der Waals surface area contributed by atoms with E-state index in [1.165, 1.54) is 0 Å². The van der Waals surface area contributed by atoms with Gasteiger partial charge in [0.15, 0.2) is 11.0 Å². The van der Waals surface area contributed by atoms with E-state index in [9.17, 15) is 9.90 Å². The summed E-state index contributed by atoms with van der Waals surface area (Å²) < 4.78 is 4.14. The van der Waals surface area contributed by atoms with Gasteiger partial charge in [-0.05, 0) is 24.1 Å². The summed E-state index contributed by atoms with van der Waals surface area (Å²) in [5.41, 5.74) is 3.35. The van der Waals surface area contributed by atoms with Crippen LogP contribution in [0.15, 0.2) is 60.9 Å². The normalized spacial score (nSPS) is 12.2. The molecule has 0 bridgehead atoms. The van der Waals surface area contributed by atoms with E-state index in [4.69, 9.17) is 0 Å². The Bertz CT molecular complexity index is 843. The molecule has 0 aliphatic carbocycles. The van der Waals surface area contributed by atoms with Crippen LogP contribution in [0.25, 0.3) is 11.0 Å². The maximum atomic E-state index is 12.3. The number of nitrogens with zero attached hydrogens (tertiary/aromatic N) is 2. The molecule has 1 aromatic heterocycles. The van der Waals surface area contributed by atoms with Crippen LogP contribution in [-0.4, -0.2) is 28.2 Å². The van der Waals surface area contributed by atoms with Crippen molar-refractivity contribution in [1.29, 1.82) is 0 Å². The molecule has 0 aliphatic heterocycles. The Morgan fingerprint density at radius 2 is 1.88 bits per heavy atom. The lowest BCUT2D eigenvalue weighted by Crippen LogP contribution is -2.39. The van der Waals surface area contributed by atoms with Crippen LogP contribution >= 0.6 is 0 Å². The molecule has 130 valence electrons. The van der Waals surface area contributed by atoms with Crippen LogP contribution < -0.4 is 9.88 Å². The Labute approximate surface area is 147 Å². The van der Waals surface area contributed by atoms with Gasteiger partial charge in [-0.1, -0.05) is 42.5 Å². The smallest absolute Gasteiger partial charge is 0.244 e. The minimum atomic E-state index is -0.257. The van der Waals surface area contributed by atoms with Crippen molar-refractivity contribution < 1.29 is 14.5 Å². The van der Waals surface area contributed by atoms with Gasteiger partial charge < -0.3 is 10.4 Å². The second-order valence-electron chi connectivity index (χ2n) is 6.30. The minimum absolute atomic E-state index is 0.0459. The summed E-state index contributed by atoms with van der Waals surface area (Å²) in [5.74, 6) is -0.0459. The maximum Gasteiger partial charge on any atom is 0.244 e. The first-order valence-corrected chi connectivity index (χ1v) is 8.55. The summed E-state index contributed by atoms with van der Waals surface area (Å²) >= 11 is 0. The van der Waals surface area contributed by atoms with Crippen molar-refractivity contribution in [3.05, 3.63) is 66.5 Å². The summed E-state index contributed by atoms with van der Waals surface area (Å²) in [6, 6.07) is 17.7. The molecule has 3 rings (SSSR count). The van der Waals surface area contributed by atoms with E-state index in [-0.39, 0.29) is 18.6 Å². The quantitative estimate of drug-likeness (QED) is 0.643. The highest BCUT2D eigenvalue weighted by Crippen LogP contribution is 2.10. The molecule has 0 fully saturated rings. The number of nitrogens with one attached hydrogen (secondary N) is 1. The van der Waals surface area contributed by atoms with Crippen LogP contribution in [0.2, 0.25) is 0 Å². The fourth-order valence-electron chi connectivity index (χ4n) is 3.10. The van der Waals surface area contributed by atoms with Gasteiger partial charge >= 0.3 is 0 Å². The van der Waals surface area contributed by atoms with Crippen molar-refractivity contribution >= 4 is 16.9 Å². The van der Waals surface area contributed by atoms with Gasteiger partial charge in [0.2, 0.25) is 12.2 Å². The van der Waals surface area contributed by atoms with Crippen molar-refractivity contribution in [3.63, 3.8) is 0 Å². The average Bonchev–Trinajstić information content (AvgIpc) is 2.97. The number of benzene rings is 2. The molecule has 2 aromatic carbocycles. The highest BCUT2D eigenvalue weighted by atomic mass is 16.3. The minimum Gasteiger partial charge on any atom is -0.394 e. The zero-order valence-corrected chi connectivity index (χ0v) is 14.4. The lowest BCUT2D eigenvalue weighted by molar-refractivity contribution is -0.645. The second-order valence-corrected chi connectivity index (χ2v) is 6.30. The van der Waals surface area contributed by atoms with Crippen LogP contribution in [0.3, 0.4) is 0 Å². The zero-order valence-electron chi connectivity index (χ0n) is 14.4. The van der Waals surface area contributed by atoms with Crippen LogP contribution in [0.1, 0.15) is 12.0 Å². The number of hydrogen-bond donors (Lipinski definition) is 2. The van der Waals surface area contributed by atoms with E-state index in [2.05, 4.69) is 26.6 Å². The summed E-state index contributed by atoms with van der Waals surface area (Å²) in [6.45, 7) is 0.540. The Kier molecular flexibility index (Phi) is 5.46. The molecule has 0 saturated heterocycles. The monoisotopic (exact) mass is 338 g/mol. The summed E-state index contributed by atoms with van der Waals surface area (Å²) in [4.78, 5) is 12.3. The topological polar surface area (TPSA) is 58.1 Å². The number of aromatic nitrogens is 2. The first-order chi connectivity index (χ1) is 12.2. The van der Waals surface area contributed by atoms with Crippen molar-refractivity contribution in [2.24, 2.45) is 7.05 Å². The molecule has 1 atom stereocenters. The van der Waals surface area contributed by atoms with E-state index >= 15 is 0 Å². The van der Waals surface area contributed by atoms with E-state index in [0.29, 0.717) is 19.4 Å². The van der Waals surface area contributed by atoms with Crippen LogP contribution in [0.5, 0.6) is 0 Å². The fourth-order valence-corrected chi connectivity index (χ4v) is 3.10. The van der Waals surface area contributed by atoms with Crippen molar-refractivity contribution in [2.75, 3.05) is 6.61 Å². The number of rotatable bonds is 7. The van der Waals surface area contributed by atoms with Gasteiger partial charge in [-0.2, -0.15) is 0 Å². The summed E-state index contributed by atoms with van der Waals surface area (Å²) in [5, 5.41) is 12.5. The summed E-state index contributed by atoms with van der Waals surface area (Å²) in [6.07, 6.45) is 3.01. The molecule has 0 radical (unpaired) electrons. The van der Waals surface area contributed by atoms with Gasteiger partial charge in [-0.15, -0.1) is 0 Å². The van der Waals surface area contributed by atoms with Crippen molar-refractivity contribution in [2.45, 2.75) is 25.4 Å². The third-order valence-electron chi connectivity index (χ3n) is 4.37. The first-order valence-electron chi connectivity index (χ1n) is 8.55. The molecule has 1 amide bonds. The molecule has 25 heavy (non-hydrogen) atoms. The Hall–Kier alpha value is -2.66. The number of para-hydroxylation sites is 2. The van der Waals surface area contributed by atoms with Crippen LogP contribution in [0.4, 0.5) is 0 Å². The lowest BCUT2D eigenvalue weighted by atomic mass is 10.1. The van der Waals surface area contributed by atoms with Gasteiger partial charge in [-0.3, -0.25) is 4.79 Å². The molecule has 0 aliphatic rings. The molecular formula is C20H24N3O2+. The van der Waals surface area contributed by atoms with E-state index < -0.39 is 0 Å². The van der Waals surface area contributed by atoms with E-state index in [1.807, 2.05) is 55.8 Å². The Morgan fingerprint density at radius 3 is 2.64 bits per heavy atom. The number of aliphatic hydroxyl groups excluding tert-OH is 1. The Balaban J connectivity index is 1.58. The summed E-state index contributed by atoms with van der Waals surface area (Å²) in [7, 11) is 2.00. The molecule has 5 nitrogen and oxygen atoms in total. The Morgan fingerprint density at radius 1 is 1.16 bits per heavy atom. The van der Waals surface area contributed by atoms with E-state index in [0.717, 1.165) is 16.6 Å². The average molecular weight is 338 g/mol. The van der Waals surface area contributed by atoms with Gasteiger partial charge in [0, 0.05) is 0 Å². The lowest BCUT2D eigenvalue weighted by Gasteiger charge is -2.16. The largest absolute Gasteiger partial charge is 0.394 e. The predicted molar refractivity (Wildman–Crippen MR) is 96.9 cm³/mol. The van der Waals surface area contributed by atoms with Crippen molar-refractivity contribution in [1.82, 2.24) is 9.88 Å². The molecule has 5 heteroatoms. The van der Waals surface area contributed by atoms with Crippen LogP contribution in [0, 0.1) is 0 Å². The van der Waals surface area contributed by atoms with E-state index in [1.54, 1.807) is 0 Å². The number of aryl methyl sites for hydroxylation is 2. The standard InChI is InChI=1S/C20H23N3O2/c1-22-15-23(19-10-6-5-9-18(19)22)12-11-20(25)21-17(14-24)13-16-7-3-2-4-8-16/h2-10,15,17,24H,11-14H2,1H3/p+1/t17-/m0/s1. The molecule has 3 aromatic rings. The number of aliphatic hydroxyl groups is 1. The first kappa shape index (κ1) is 17.2. The maximum absolute atomic E-state index is 12.3. The van der Waals surface area contributed by atoms with Gasteiger partial charge in [0.05, 0.1) is 32.7 Å². The molecular weight excluding hydrogens is 314 g/mol. The molecule has 0 unspecified atom stereocenters. The SMILES string of the molecule is C[n+]1cn(CCC(=O)N[C@H](CO)Cc2ccccc2)c2ccccc21. The number of hydrogen-bond acceptors (Lipinski definition) is 2. The number of amides is 1. The third-order valence-corrected chi connectivity index (χ3v) is 4.37. The molecule has 1 heterocycles. The fraction of sp³-hybridized carbons (Fsp3) is 0.300. The van der Waals surface area contributed by atoms with Gasteiger partial charge in [-0.25, -0.2) is 9.13 Å². The highest BCUT2D eigenvalue weighted by Gasteiger charge is 2.16. The number of carbonyl (C=O) groups is 1. The second kappa shape index (κ2) is 7.94. The molecule has 0 saturated carbocycles. The highest BCUT2D eigenvalue weighted by molar-refractivity contribution is 5.77. The molecule has 0 spiro atoms.